The second-order valence-electron chi connectivity index (χ2n) is 9.85. The Kier molecular flexibility index (Phi) is 8.04. The van der Waals surface area contributed by atoms with Gasteiger partial charge in [-0.15, -0.1) is 0 Å². The Balaban J connectivity index is 1.33. The van der Waals surface area contributed by atoms with Gasteiger partial charge in [0, 0.05) is 15.8 Å². The van der Waals surface area contributed by atoms with Crippen LogP contribution in [0.25, 0.3) is 0 Å². The third-order valence-electron chi connectivity index (χ3n) is 7.31. The summed E-state index contributed by atoms with van der Waals surface area (Å²) in [4.78, 5) is 56.7. The van der Waals surface area contributed by atoms with E-state index in [1.54, 1.807) is 43.3 Å². The smallest absolute Gasteiger partial charge is 0.338 e. The summed E-state index contributed by atoms with van der Waals surface area (Å²) in [5.74, 6) is -1.65. The van der Waals surface area contributed by atoms with Crippen molar-refractivity contribution in [3.63, 3.8) is 0 Å². The van der Waals surface area contributed by atoms with Gasteiger partial charge in [-0.3, -0.25) is 14.4 Å². The van der Waals surface area contributed by atoms with Crippen LogP contribution in [0, 0.1) is 5.92 Å². The highest BCUT2D eigenvalue weighted by Gasteiger charge is 2.56. The predicted molar refractivity (Wildman–Crippen MR) is 164 cm³/mol. The van der Waals surface area contributed by atoms with Crippen molar-refractivity contribution in [2.24, 2.45) is 5.92 Å². The number of ether oxygens (including phenoxy) is 3. The molecule has 1 saturated heterocycles. The summed E-state index contributed by atoms with van der Waals surface area (Å²) in [5.41, 5.74) is 2.31. The van der Waals surface area contributed by atoms with Crippen molar-refractivity contribution >= 4 is 58.2 Å². The molecule has 9 nitrogen and oxygen atoms in total. The molecule has 3 unspecified atom stereocenters. The molecule has 0 radical (unpaired) electrons. The molecule has 220 valence electrons. The quantitative estimate of drug-likeness (QED) is 0.195. The SMILES string of the molecule is CCOC(=O)c1ccc(N2C(=O)C3Sc4[nH]c(=O)sc4C(c4ccc(OCc5ccc(Cl)cc5)c(OC)c4)C3C2=O)cc1. The average molecular weight is 637 g/mol. The summed E-state index contributed by atoms with van der Waals surface area (Å²) in [7, 11) is 1.53. The number of fused-ring (bicyclic) bond motifs is 2. The number of methoxy groups -OCH3 is 1. The molecule has 1 fully saturated rings. The van der Waals surface area contributed by atoms with Crippen LogP contribution in [0.1, 0.15) is 39.2 Å². The number of benzene rings is 3. The number of aromatic nitrogens is 1. The first-order valence-electron chi connectivity index (χ1n) is 13.4. The second kappa shape index (κ2) is 11.9. The van der Waals surface area contributed by atoms with Gasteiger partial charge >= 0.3 is 10.8 Å². The Morgan fingerprint density at radius 2 is 1.72 bits per heavy atom. The molecule has 3 aromatic carbocycles. The maximum atomic E-state index is 14.0. The molecule has 2 aliphatic heterocycles. The normalized spacial score (nSPS) is 19.1. The topological polar surface area (TPSA) is 115 Å². The summed E-state index contributed by atoms with van der Waals surface area (Å²) in [6.07, 6.45) is 0. The number of nitrogens with zero attached hydrogens (tertiary/aromatic N) is 1. The minimum absolute atomic E-state index is 0.234. The van der Waals surface area contributed by atoms with Gasteiger partial charge in [0.25, 0.3) is 0 Å². The van der Waals surface area contributed by atoms with Crippen LogP contribution in [0.4, 0.5) is 5.69 Å². The van der Waals surface area contributed by atoms with Gasteiger partial charge in [0.05, 0.1) is 35.9 Å². The molecule has 43 heavy (non-hydrogen) atoms. The standard InChI is InChI=1S/C31H25ClN2O7S2/c1-3-40-30(37)17-6-11-20(12-7-17)34-28(35)24-23(25-27(33-31(38)43-25)42-26(24)29(34)36)18-8-13-21(22(14-18)39-2)41-15-16-4-9-19(32)10-5-16/h4-14,23-24,26H,3,15H2,1-2H3,(H,33,38). The predicted octanol–water partition coefficient (Wildman–Crippen LogP) is 5.65. The van der Waals surface area contributed by atoms with E-state index in [9.17, 15) is 19.2 Å². The number of amides is 2. The van der Waals surface area contributed by atoms with Crippen LogP contribution in [-0.4, -0.2) is 41.7 Å². The number of aromatic amines is 1. The number of carbonyl (C=O) groups excluding carboxylic acids is 3. The summed E-state index contributed by atoms with van der Waals surface area (Å²) in [6.45, 7) is 2.24. The van der Waals surface area contributed by atoms with Crippen molar-refractivity contribution in [3.8, 4) is 11.5 Å². The molecule has 0 spiro atoms. The number of H-pyrrole nitrogens is 1. The molecule has 12 heteroatoms. The third kappa shape index (κ3) is 5.44. The Bertz CT molecular complexity index is 1770. The molecule has 1 N–H and O–H groups in total. The number of esters is 1. The van der Waals surface area contributed by atoms with Gasteiger partial charge < -0.3 is 19.2 Å². The minimum atomic E-state index is -0.772. The highest BCUT2D eigenvalue weighted by Crippen LogP contribution is 2.53. The van der Waals surface area contributed by atoms with Crippen LogP contribution < -0.4 is 19.2 Å². The first-order valence-corrected chi connectivity index (χ1v) is 15.5. The van der Waals surface area contributed by atoms with E-state index in [2.05, 4.69) is 4.98 Å². The number of nitrogens with one attached hydrogen (secondary N) is 1. The molecular formula is C31H25ClN2O7S2. The van der Waals surface area contributed by atoms with E-state index in [-0.39, 0.29) is 29.9 Å². The fraction of sp³-hybridized carbons (Fsp3) is 0.226. The van der Waals surface area contributed by atoms with E-state index in [1.165, 1.54) is 35.9 Å². The van der Waals surface area contributed by atoms with Gasteiger partial charge in [-0.1, -0.05) is 52.9 Å². The fourth-order valence-corrected chi connectivity index (χ4v) is 7.97. The monoisotopic (exact) mass is 636 g/mol. The second-order valence-corrected chi connectivity index (χ2v) is 12.5. The van der Waals surface area contributed by atoms with Crippen molar-refractivity contribution in [3.05, 3.63) is 103 Å². The first kappa shape index (κ1) is 29.0. The zero-order valence-electron chi connectivity index (χ0n) is 23.0. The largest absolute Gasteiger partial charge is 0.493 e. The van der Waals surface area contributed by atoms with Crippen LogP contribution in [0.3, 0.4) is 0 Å². The Hall–Kier alpha value is -4.06. The zero-order valence-corrected chi connectivity index (χ0v) is 25.4. The van der Waals surface area contributed by atoms with E-state index in [4.69, 9.17) is 25.8 Å². The molecule has 6 rings (SSSR count). The lowest BCUT2D eigenvalue weighted by atomic mass is 9.83. The molecule has 0 aliphatic carbocycles. The number of anilines is 1. The summed E-state index contributed by atoms with van der Waals surface area (Å²) >= 11 is 8.21. The third-order valence-corrected chi connectivity index (χ3v) is 9.97. The Labute approximate surface area is 259 Å². The van der Waals surface area contributed by atoms with Gasteiger partial charge in [0.1, 0.15) is 11.9 Å². The van der Waals surface area contributed by atoms with E-state index in [0.29, 0.717) is 43.2 Å². The Morgan fingerprint density at radius 1 is 0.977 bits per heavy atom. The molecular weight excluding hydrogens is 612 g/mol. The maximum Gasteiger partial charge on any atom is 0.338 e. The Morgan fingerprint density at radius 3 is 2.42 bits per heavy atom. The van der Waals surface area contributed by atoms with Gasteiger partial charge in [-0.2, -0.15) is 0 Å². The van der Waals surface area contributed by atoms with Crippen molar-refractivity contribution in [2.75, 3.05) is 18.6 Å². The van der Waals surface area contributed by atoms with Crippen LogP contribution in [0.5, 0.6) is 11.5 Å². The minimum Gasteiger partial charge on any atom is -0.493 e. The van der Waals surface area contributed by atoms with E-state index in [1.807, 2.05) is 18.2 Å². The van der Waals surface area contributed by atoms with Crippen LogP contribution in [-0.2, 0) is 20.9 Å². The number of hydrogen-bond donors (Lipinski definition) is 1. The summed E-state index contributed by atoms with van der Waals surface area (Å²) < 4.78 is 16.7. The number of thioether (sulfide) groups is 1. The number of thiazole rings is 1. The molecule has 0 bridgehead atoms. The van der Waals surface area contributed by atoms with Crippen molar-refractivity contribution in [1.82, 2.24) is 4.98 Å². The highest BCUT2D eigenvalue weighted by atomic mass is 35.5. The number of halogens is 1. The van der Waals surface area contributed by atoms with Crippen LogP contribution in [0.2, 0.25) is 5.02 Å². The maximum absolute atomic E-state index is 14.0. The van der Waals surface area contributed by atoms with Gasteiger partial charge in [-0.25, -0.2) is 9.69 Å². The molecule has 3 atom stereocenters. The van der Waals surface area contributed by atoms with Gasteiger partial charge in [0.2, 0.25) is 11.8 Å². The van der Waals surface area contributed by atoms with Gasteiger partial charge in [0.15, 0.2) is 11.5 Å². The molecule has 4 aromatic rings. The molecule has 0 saturated carbocycles. The van der Waals surface area contributed by atoms with E-state index >= 15 is 0 Å². The average Bonchev–Trinajstić information content (AvgIpc) is 3.50. The molecule has 1 aromatic heterocycles. The van der Waals surface area contributed by atoms with Gasteiger partial charge in [-0.05, 0) is 66.6 Å². The first-order chi connectivity index (χ1) is 20.8. The molecule has 2 amide bonds. The number of carbonyl (C=O) groups is 3. The summed E-state index contributed by atoms with van der Waals surface area (Å²) in [6, 6.07) is 18.9. The summed E-state index contributed by atoms with van der Waals surface area (Å²) in [5, 5.41) is 0.448. The van der Waals surface area contributed by atoms with Crippen molar-refractivity contribution in [1.29, 1.82) is 0 Å². The van der Waals surface area contributed by atoms with Crippen LogP contribution >= 0.6 is 34.7 Å². The highest BCUT2D eigenvalue weighted by molar-refractivity contribution is 8.00. The number of rotatable bonds is 8. The number of imide groups is 1. The molecule has 2 aliphatic rings. The fourth-order valence-electron chi connectivity index (χ4n) is 5.33. The van der Waals surface area contributed by atoms with Crippen molar-refractivity contribution in [2.45, 2.75) is 29.7 Å². The lowest BCUT2D eigenvalue weighted by Crippen LogP contribution is -2.32. The van der Waals surface area contributed by atoms with Crippen molar-refractivity contribution < 1.29 is 28.6 Å². The zero-order chi connectivity index (χ0) is 30.2. The lowest BCUT2D eigenvalue weighted by Gasteiger charge is -2.30. The molecule has 3 heterocycles. The number of hydrogen-bond acceptors (Lipinski definition) is 9. The van der Waals surface area contributed by atoms with E-state index in [0.717, 1.165) is 16.9 Å². The van der Waals surface area contributed by atoms with Crippen LogP contribution in [0.15, 0.2) is 76.6 Å². The lowest BCUT2D eigenvalue weighted by molar-refractivity contribution is -0.122. The van der Waals surface area contributed by atoms with E-state index < -0.39 is 23.1 Å².